The molecular formula is C15H16N2O2. The molecule has 1 amide bonds. The first-order valence-corrected chi connectivity index (χ1v) is 6.42. The maximum absolute atomic E-state index is 12.4. The van der Waals surface area contributed by atoms with Crippen molar-refractivity contribution in [3.05, 3.63) is 47.3 Å². The Kier molecular flexibility index (Phi) is 2.66. The van der Waals surface area contributed by atoms with Gasteiger partial charge in [-0.2, -0.15) is 0 Å². The van der Waals surface area contributed by atoms with Crippen molar-refractivity contribution in [1.29, 1.82) is 0 Å². The van der Waals surface area contributed by atoms with Crippen molar-refractivity contribution in [1.82, 2.24) is 5.16 Å². The normalized spacial score (nSPS) is 16.1. The highest BCUT2D eigenvalue weighted by atomic mass is 16.5. The molecule has 1 heterocycles. The van der Waals surface area contributed by atoms with Gasteiger partial charge in [-0.15, -0.1) is 0 Å². The smallest absolute Gasteiger partial charge is 0.236 e. The number of nitrogens with zero attached hydrogens (tertiary/aromatic N) is 1. The fourth-order valence-electron chi connectivity index (χ4n) is 2.20. The fourth-order valence-corrected chi connectivity index (χ4v) is 2.20. The van der Waals surface area contributed by atoms with Crippen LogP contribution >= 0.6 is 0 Å². The molecule has 0 unspecified atom stereocenters. The van der Waals surface area contributed by atoms with Gasteiger partial charge < -0.3 is 9.84 Å². The number of hydrogen-bond acceptors (Lipinski definition) is 3. The van der Waals surface area contributed by atoms with Crippen LogP contribution in [0.5, 0.6) is 0 Å². The molecule has 19 heavy (non-hydrogen) atoms. The molecule has 1 aliphatic rings. The molecule has 4 nitrogen and oxygen atoms in total. The van der Waals surface area contributed by atoms with Gasteiger partial charge in [-0.3, -0.25) is 4.79 Å². The van der Waals surface area contributed by atoms with E-state index in [1.54, 1.807) is 0 Å². The van der Waals surface area contributed by atoms with Crippen molar-refractivity contribution in [2.24, 2.45) is 0 Å². The monoisotopic (exact) mass is 256 g/mol. The second kappa shape index (κ2) is 4.23. The molecule has 0 saturated heterocycles. The van der Waals surface area contributed by atoms with Crippen molar-refractivity contribution in [3.63, 3.8) is 0 Å². The van der Waals surface area contributed by atoms with Crippen LogP contribution in [0.15, 0.2) is 34.9 Å². The largest absolute Gasteiger partial charge is 0.361 e. The number of carbonyl (C=O) groups excluding carboxylic acids is 1. The molecule has 0 atom stereocenters. The summed E-state index contributed by atoms with van der Waals surface area (Å²) in [6, 6.07) is 9.64. The summed E-state index contributed by atoms with van der Waals surface area (Å²) in [4.78, 5) is 12.4. The van der Waals surface area contributed by atoms with Gasteiger partial charge in [0.1, 0.15) is 5.76 Å². The number of nitrogens with one attached hydrogen (secondary N) is 1. The number of aromatic nitrogens is 1. The molecule has 0 bridgehead atoms. The number of benzene rings is 1. The minimum Gasteiger partial charge on any atom is -0.361 e. The van der Waals surface area contributed by atoms with Crippen LogP contribution in [0.1, 0.15) is 29.9 Å². The van der Waals surface area contributed by atoms with Crippen LogP contribution in [0, 0.1) is 13.8 Å². The average molecular weight is 256 g/mol. The topological polar surface area (TPSA) is 55.1 Å². The van der Waals surface area contributed by atoms with E-state index in [-0.39, 0.29) is 5.91 Å². The summed E-state index contributed by atoms with van der Waals surface area (Å²) >= 11 is 0. The standard InChI is InChI=1S/C15H16N2O2/c1-10-3-5-12(6-4-10)16-14(18)15(7-8-15)13-9-11(2)19-17-13/h3-6,9H,7-8H2,1-2H3,(H,16,18). The Morgan fingerprint density at radius 2 is 1.95 bits per heavy atom. The first-order valence-electron chi connectivity index (χ1n) is 6.42. The third-order valence-corrected chi connectivity index (χ3v) is 3.61. The van der Waals surface area contributed by atoms with Gasteiger partial charge >= 0.3 is 0 Å². The summed E-state index contributed by atoms with van der Waals surface area (Å²) in [5, 5.41) is 6.95. The quantitative estimate of drug-likeness (QED) is 0.918. The van der Waals surface area contributed by atoms with Crippen LogP contribution in [-0.2, 0) is 10.2 Å². The average Bonchev–Trinajstić information content (AvgIpc) is 3.10. The third-order valence-electron chi connectivity index (χ3n) is 3.61. The minimum atomic E-state index is -0.483. The zero-order valence-corrected chi connectivity index (χ0v) is 11.1. The molecule has 1 aromatic carbocycles. The van der Waals surface area contributed by atoms with E-state index in [0.29, 0.717) is 0 Å². The molecular weight excluding hydrogens is 240 g/mol. The molecule has 1 fully saturated rings. The first-order chi connectivity index (χ1) is 9.10. The van der Waals surface area contributed by atoms with Crippen molar-refractivity contribution in [2.45, 2.75) is 32.1 Å². The molecule has 1 saturated carbocycles. The highest BCUT2D eigenvalue weighted by Gasteiger charge is 2.53. The second-order valence-corrected chi connectivity index (χ2v) is 5.23. The van der Waals surface area contributed by atoms with Gasteiger partial charge in [-0.1, -0.05) is 22.9 Å². The Bertz CT molecular complexity index is 609. The minimum absolute atomic E-state index is 0.00431. The van der Waals surface area contributed by atoms with Crippen LogP contribution in [0.25, 0.3) is 0 Å². The summed E-state index contributed by atoms with van der Waals surface area (Å²) < 4.78 is 5.08. The van der Waals surface area contributed by atoms with Crippen molar-refractivity contribution < 1.29 is 9.32 Å². The Morgan fingerprint density at radius 1 is 1.26 bits per heavy atom. The van der Waals surface area contributed by atoms with E-state index in [9.17, 15) is 4.79 Å². The predicted octanol–water partition coefficient (Wildman–Crippen LogP) is 2.96. The SMILES string of the molecule is Cc1ccc(NC(=O)C2(c3cc(C)on3)CC2)cc1. The predicted molar refractivity (Wildman–Crippen MR) is 72.0 cm³/mol. The molecule has 1 aliphatic carbocycles. The molecule has 4 heteroatoms. The van der Waals surface area contributed by atoms with Crippen LogP contribution in [0.3, 0.4) is 0 Å². The summed E-state index contributed by atoms with van der Waals surface area (Å²) in [5.41, 5.74) is 2.26. The molecule has 98 valence electrons. The number of anilines is 1. The summed E-state index contributed by atoms with van der Waals surface area (Å²) in [6.45, 7) is 3.86. The first kappa shape index (κ1) is 12.0. The molecule has 3 rings (SSSR count). The molecule has 1 N–H and O–H groups in total. The second-order valence-electron chi connectivity index (χ2n) is 5.23. The third kappa shape index (κ3) is 2.14. The Balaban J connectivity index is 1.79. The van der Waals surface area contributed by atoms with Gasteiger partial charge in [-0.25, -0.2) is 0 Å². The number of amides is 1. The molecule has 2 aromatic rings. The lowest BCUT2D eigenvalue weighted by molar-refractivity contribution is -0.118. The number of carbonyl (C=O) groups is 1. The van der Waals surface area contributed by atoms with Gasteiger partial charge in [0.2, 0.25) is 5.91 Å². The zero-order chi connectivity index (χ0) is 13.5. The van der Waals surface area contributed by atoms with Crippen LogP contribution in [0.4, 0.5) is 5.69 Å². The fraction of sp³-hybridized carbons (Fsp3) is 0.333. The Morgan fingerprint density at radius 3 is 2.47 bits per heavy atom. The van der Waals surface area contributed by atoms with Crippen LogP contribution in [-0.4, -0.2) is 11.1 Å². The van der Waals surface area contributed by atoms with Crippen molar-refractivity contribution in [2.75, 3.05) is 5.32 Å². The summed E-state index contributed by atoms with van der Waals surface area (Å²) in [7, 11) is 0. The van der Waals surface area contributed by atoms with Gasteiger partial charge in [0.25, 0.3) is 0 Å². The number of aryl methyl sites for hydroxylation is 2. The van der Waals surface area contributed by atoms with Crippen molar-refractivity contribution >= 4 is 11.6 Å². The van der Waals surface area contributed by atoms with E-state index in [1.807, 2.05) is 44.2 Å². The molecule has 0 spiro atoms. The van der Waals surface area contributed by atoms with Crippen LogP contribution < -0.4 is 5.32 Å². The van der Waals surface area contributed by atoms with E-state index in [2.05, 4.69) is 10.5 Å². The van der Waals surface area contributed by atoms with Gasteiger partial charge in [-0.05, 0) is 38.8 Å². The number of hydrogen-bond donors (Lipinski definition) is 1. The van der Waals surface area contributed by atoms with Crippen LogP contribution in [0.2, 0.25) is 0 Å². The lowest BCUT2D eigenvalue weighted by Gasteiger charge is -2.12. The summed E-state index contributed by atoms with van der Waals surface area (Å²) in [5.74, 6) is 0.745. The van der Waals surface area contributed by atoms with E-state index >= 15 is 0 Å². The van der Waals surface area contributed by atoms with E-state index in [1.165, 1.54) is 5.56 Å². The molecule has 0 radical (unpaired) electrons. The zero-order valence-electron chi connectivity index (χ0n) is 11.1. The molecule has 1 aromatic heterocycles. The van der Waals surface area contributed by atoms with Gasteiger partial charge in [0.15, 0.2) is 0 Å². The lowest BCUT2D eigenvalue weighted by atomic mass is 10.0. The van der Waals surface area contributed by atoms with Gasteiger partial charge in [0.05, 0.1) is 11.1 Å². The maximum atomic E-state index is 12.4. The highest BCUT2D eigenvalue weighted by molar-refractivity contribution is 6.01. The highest BCUT2D eigenvalue weighted by Crippen LogP contribution is 2.48. The van der Waals surface area contributed by atoms with Gasteiger partial charge in [0, 0.05) is 11.8 Å². The summed E-state index contributed by atoms with van der Waals surface area (Å²) in [6.07, 6.45) is 1.66. The van der Waals surface area contributed by atoms with E-state index in [0.717, 1.165) is 30.0 Å². The number of rotatable bonds is 3. The molecule has 0 aliphatic heterocycles. The van der Waals surface area contributed by atoms with Crippen molar-refractivity contribution in [3.8, 4) is 0 Å². The Hall–Kier alpha value is -2.10. The lowest BCUT2D eigenvalue weighted by Crippen LogP contribution is -2.28. The maximum Gasteiger partial charge on any atom is 0.236 e. The van der Waals surface area contributed by atoms with E-state index in [4.69, 9.17) is 4.52 Å². The Labute approximate surface area is 111 Å². The van der Waals surface area contributed by atoms with E-state index < -0.39 is 5.41 Å².